The van der Waals surface area contributed by atoms with E-state index in [0.717, 1.165) is 12.8 Å². The molecular weight excluding hydrogens is 196 g/mol. The number of ether oxygens (including phenoxy) is 2. The molecule has 15 heavy (non-hydrogen) atoms. The third-order valence-electron chi connectivity index (χ3n) is 1.35. The van der Waals surface area contributed by atoms with E-state index in [9.17, 15) is 9.59 Å². The number of esters is 2. The van der Waals surface area contributed by atoms with Crippen molar-refractivity contribution in [3.8, 4) is 0 Å². The standard InChI is InChI=1S/C9H16O4.2CH4/c1-3-5-8(10)12-7-13-9(11)6-4-2;;/h3-7H2,1-2H3;2*1H4. The Kier molecular flexibility index (Phi) is 16.8. The Balaban J connectivity index is -0.000000720. The predicted molar refractivity (Wildman–Crippen MR) is 60.3 cm³/mol. The minimum atomic E-state index is -0.327. The SMILES string of the molecule is C.C.CCCC(=O)OCOC(=O)CCC. The van der Waals surface area contributed by atoms with Gasteiger partial charge >= 0.3 is 11.9 Å². The summed E-state index contributed by atoms with van der Waals surface area (Å²) in [6, 6.07) is 0. The zero-order valence-corrected chi connectivity index (χ0v) is 8.17. The second-order valence-corrected chi connectivity index (χ2v) is 2.65. The summed E-state index contributed by atoms with van der Waals surface area (Å²) in [4.78, 5) is 21.5. The summed E-state index contributed by atoms with van der Waals surface area (Å²) in [5, 5.41) is 0. The first kappa shape index (κ1) is 19.5. The maximum Gasteiger partial charge on any atom is 0.308 e. The van der Waals surface area contributed by atoms with E-state index in [2.05, 4.69) is 9.47 Å². The Labute approximate surface area is 93.0 Å². The summed E-state index contributed by atoms with van der Waals surface area (Å²) < 4.78 is 9.23. The fraction of sp³-hybridized carbons (Fsp3) is 0.818. The quantitative estimate of drug-likeness (QED) is 0.510. The number of hydrogen-bond acceptors (Lipinski definition) is 4. The van der Waals surface area contributed by atoms with Crippen LogP contribution in [0, 0.1) is 0 Å². The van der Waals surface area contributed by atoms with Crippen molar-refractivity contribution in [2.45, 2.75) is 54.4 Å². The van der Waals surface area contributed by atoms with Gasteiger partial charge in [0.15, 0.2) is 0 Å². The molecule has 92 valence electrons. The smallest absolute Gasteiger partial charge is 0.308 e. The zero-order chi connectivity index (χ0) is 10.1. The first-order valence-electron chi connectivity index (χ1n) is 4.52. The predicted octanol–water partition coefficient (Wildman–Crippen LogP) is 2.90. The molecule has 0 aromatic heterocycles. The second-order valence-electron chi connectivity index (χ2n) is 2.65. The summed E-state index contributed by atoms with van der Waals surface area (Å²) >= 11 is 0. The molecule has 0 unspecified atom stereocenters. The summed E-state index contributed by atoms with van der Waals surface area (Å²) in [6.45, 7) is 3.51. The number of hydrogen-bond donors (Lipinski definition) is 0. The first-order valence-corrected chi connectivity index (χ1v) is 4.52. The van der Waals surface area contributed by atoms with Crippen LogP contribution in [-0.2, 0) is 19.1 Å². The van der Waals surface area contributed by atoms with Crippen molar-refractivity contribution in [3.05, 3.63) is 0 Å². The molecule has 4 heteroatoms. The van der Waals surface area contributed by atoms with E-state index in [1.165, 1.54) is 0 Å². The van der Waals surface area contributed by atoms with Crippen LogP contribution in [0.1, 0.15) is 54.4 Å². The van der Waals surface area contributed by atoms with Gasteiger partial charge < -0.3 is 9.47 Å². The summed E-state index contributed by atoms with van der Waals surface area (Å²) in [7, 11) is 0. The maximum atomic E-state index is 10.8. The maximum absolute atomic E-state index is 10.8. The average Bonchev–Trinajstić information content (AvgIpc) is 2.05. The van der Waals surface area contributed by atoms with E-state index in [-0.39, 0.29) is 33.6 Å². The Morgan fingerprint density at radius 2 is 1.20 bits per heavy atom. The highest BCUT2D eigenvalue weighted by atomic mass is 16.7. The summed E-state index contributed by atoms with van der Waals surface area (Å²) in [5.74, 6) is -0.654. The highest BCUT2D eigenvalue weighted by Gasteiger charge is 2.03. The largest absolute Gasteiger partial charge is 0.428 e. The zero-order valence-electron chi connectivity index (χ0n) is 8.17. The Morgan fingerprint density at radius 3 is 1.47 bits per heavy atom. The van der Waals surface area contributed by atoms with Gasteiger partial charge in [0, 0.05) is 12.8 Å². The fourth-order valence-electron chi connectivity index (χ4n) is 0.713. The molecule has 0 saturated carbocycles. The van der Waals surface area contributed by atoms with Crippen LogP contribution in [0.4, 0.5) is 0 Å². The molecule has 0 heterocycles. The highest BCUT2D eigenvalue weighted by Crippen LogP contribution is 1.94. The molecule has 0 saturated heterocycles. The Bertz CT molecular complexity index is 148. The van der Waals surface area contributed by atoms with Crippen molar-refractivity contribution in [2.24, 2.45) is 0 Å². The molecule has 0 radical (unpaired) electrons. The minimum Gasteiger partial charge on any atom is -0.428 e. The van der Waals surface area contributed by atoms with E-state index in [0.29, 0.717) is 12.8 Å². The third-order valence-corrected chi connectivity index (χ3v) is 1.35. The van der Waals surface area contributed by atoms with Crippen LogP contribution >= 0.6 is 0 Å². The van der Waals surface area contributed by atoms with Crippen LogP contribution in [0.15, 0.2) is 0 Å². The van der Waals surface area contributed by atoms with Crippen molar-refractivity contribution in [1.82, 2.24) is 0 Å². The molecular formula is C11H24O4. The molecule has 0 bridgehead atoms. The number of carbonyl (C=O) groups is 2. The van der Waals surface area contributed by atoms with Gasteiger partial charge in [-0.25, -0.2) is 0 Å². The molecule has 0 aliphatic rings. The van der Waals surface area contributed by atoms with Crippen molar-refractivity contribution in [2.75, 3.05) is 6.79 Å². The Morgan fingerprint density at radius 1 is 0.867 bits per heavy atom. The normalized spacial score (nSPS) is 8.13. The highest BCUT2D eigenvalue weighted by molar-refractivity contribution is 5.70. The van der Waals surface area contributed by atoms with Crippen LogP contribution in [-0.4, -0.2) is 18.7 Å². The van der Waals surface area contributed by atoms with E-state index in [4.69, 9.17) is 0 Å². The molecule has 4 nitrogen and oxygen atoms in total. The molecule has 0 amide bonds. The van der Waals surface area contributed by atoms with Gasteiger partial charge in [-0.05, 0) is 12.8 Å². The molecule has 0 aliphatic heterocycles. The van der Waals surface area contributed by atoms with Crippen LogP contribution in [0.3, 0.4) is 0 Å². The van der Waals surface area contributed by atoms with Gasteiger partial charge in [-0.2, -0.15) is 0 Å². The molecule has 0 rings (SSSR count). The molecule has 0 aliphatic carbocycles. The Hall–Kier alpha value is -1.06. The van der Waals surface area contributed by atoms with Crippen LogP contribution in [0.25, 0.3) is 0 Å². The van der Waals surface area contributed by atoms with Crippen molar-refractivity contribution >= 4 is 11.9 Å². The van der Waals surface area contributed by atoms with Gasteiger partial charge in [0.05, 0.1) is 0 Å². The van der Waals surface area contributed by atoms with Gasteiger partial charge in [-0.15, -0.1) is 0 Å². The lowest BCUT2D eigenvalue weighted by Crippen LogP contribution is -2.11. The van der Waals surface area contributed by atoms with Gasteiger partial charge in [-0.3, -0.25) is 9.59 Å². The lowest BCUT2D eigenvalue weighted by Gasteiger charge is -2.04. The monoisotopic (exact) mass is 220 g/mol. The van der Waals surface area contributed by atoms with Gasteiger partial charge in [0.2, 0.25) is 6.79 Å². The first-order chi connectivity index (χ1) is 6.20. The topological polar surface area (TPSA) is 52.6 Å². The van der Waals surface area contributed by atoms with Crippen molar-refractivity contribution in [1.29, 1.82) is 0 Å². The van der Waals surface area contributed by atoms with E-state index in [1.54, 1.807) is 0 Å². The molecule has 0 fully saturated rings. The van der Waals surface area contributed by atoms with Gasteiger partial charge in [0.1, 0.15) is 0 Å². The third kappa shape index (κ3) is 12.9. The number of rotatable bonds is 6. The molecule has 0 spiro atoms. The fourth-order valence-corrected chi connectivity index (χ4v) is 0.713. The van der Waals surface area contributed by atoms with Crippen molar-refractivity contribution in [3.63, 3.8) is 0 Å². The molecule has 0 aromatic carbocycles. The lowest BCUT2D eigenvalue weighted by atomic mass is 10.3. The van der Waals surface area contributed by atoms with Gasteiger partial charge in [-0.1, -0.05) is 28.7 Å². The second kappa shape index (κ2) is 12.9. The molecule has 0 N–H and O–H groups in total. The molecule has 0 aromatic rings. The van der Waals surface area contributed by atoms with Gasteiger partial charge in [0.25, 0.3) is 0 Å². The molecule has 0 atom stereocenters. The summed E-state index contributed by atoms with van der Waals surface area (Å²) in [6.07, 6.45) is 2.21. The number of carbonyl (C=O) groups excluding carboxylic acids is 2. The van der Waals surface area contributed by atoms with Crippen LogP contribution in [0.5, 0.6) is 0 Å². The van der Waals surface area contributed by atoms with E-state index < -0.39 is 0 Å². The lowest BCUT2D eigenvalue weighted by molar-refractivity contribution is -0.167. The van der Waals surface area contributed by atoms with Crippen LogP contribution in [0.2, 0.25) is 0 Å². The van der Waals surface area contributed by atoms with Crippen LogP contribution < -0.4 is 0 Å². The summed E-state index contributed by atoms with van der Waals surface area (Å²) in [5.41, 5.74) is 0. The van der Waals surface area contributed by atoms with Crippen molar-refractivity contribution < 1.29 is 19.1 Å². The minimum absolute atomic E-state index is 0. The average molecular weight is 220 g/mol. The van der Waals surface area contributed by atoms with E-state index in [1.807, 2.05) is 13.8 Å². The van der Waals surface area contributed by atoms with E-state index >= 15 is 0 Å².